The Hall–Kier alpha value is -0.640. The summed E-state index contributed by atoms with van der Waals surface area (Å²) in [5, 5.41) is 4.39. The number of piperazine rings is 1. The number of hydrogen-bond acceptors (Lipinski definition) is 3. The molecule has 0 bridgehead atoms. The smallest absolute Gasteiger partial charge is 0.0524 e. The molecular weight excluding hydrogens is 118 g/mol. The highest BCUT2D eigenvalue weighted by atomic mass is 16.3. The van der Waals surface area contributed by atoms with Crippen LogP contribution >= 0.6 is 0 Å². The van der Waals surface area contributed by atoms with Crippen LogP contribution in [0.3, 0.4) is 0 Å². The zero-order chi connectivity index (χ0) is 6.69. The number of hydrogen-bond donors (Lipinski definition) is 0. The topological polar surface area (TPSA) is 35.9 Å². The molecule has 1 heterocycles. The predicted molar refractivity (Wildman–Crippen MR) is 34.9 cm³/mol. The molecule has 1 saturated heterocycles. The van der Waals surface area contributed by atoms with E-state index in [4.69, 9.17) is 0 Å². The molecule has 1 rings (SSSR count). The number of nitrogens with zero attached hydrogens (tertiary/aromatic N) is 3. The third-order valence-corrected chi connectivity index (χ3v) is 1.60. The first kappa shape index (κ1) is 6.48. The largest absolute Gasteiger partial charge is 0.303 e. The molecule has 1 aliphatic rings. The molecule has 0 amide bonds. The highest BCUT2D eigenvalue weighted by Gasteiger charge is 2.11. The number of rotatable bonds is 1. The van der Waals surface area contributed by atoms with Gasteiger partial charge in [0.1, 0.15) is 0 Å². The van der Waals surface area contributed by atoms with Crippen molar-refractivity contribution >= 4 is 0 Å². The molecule has 0 N–H and O–H groups in total. The van der Waals surface area contributed by atoms with Crippen LogP contribution in [0, 0.1) is 4.91 Å². The normalized spacial score (nSPS) is 22.1. The minimum atomic E-state index is 0.778. The van der Waals surface area contributed by atoms with Gasteiger partial charge in [0.05, 0.1) is 18.4 Å². The minimum absolute atomic E-state index is 0.778. The van der Waals surface area contributed by atoms with Crippen molar-refractivity contribution in [3.05, 3.63) is 4.91 Å². The van der Waals surface area contributed by atoms with Crippen LogP contribution in [0.5, 0.6) is 0 Å². The van der Waals surface area contributed by atoms with Crippen molar-refractivity contribution < 1.29 is 0 Å². The highest BCUT2D eigenvalue weighted by Crippen LogP contribution is 1.97. The van der Waals surface area contributed by atoms with Crippen LogP contribution in [0.1, 0.15) is 0 Å². The van der Waals surface area contributed by atoms with E-state index in [0.717, 1.165) is 26.2 Å². The Bertz CT molecular complexity index is 98.4. The second-order valence-electron chi connectivity index (χ2n) is 2.34. The van der Waals surface area contributed by atoms with E-state index in [0.29, 0.717) is 0 Å². The van der Waals surface area contributed by atoms with Crippen molar-refractivity contribution in [2.24, 2.45) is 5.29 Å². The highest BCUT2D eigenvalue weighted by molar-refractivity contribution is 4.64. The van der Waals surface area contributed by atoms with E-state index in [-0.39, 0.29) is 0 Å². The summed E-state index contributed by atoms with van der Waals surface area (Å²) in [5.41, 5.74) is 0. The van der Waals surface area contributed by atoms with E-state index in [2.05, 4.69) is 10.2 Å². The van der Waals surface area contributed by atoms with Crippen molar-refractivity contribution in [3.8, 4) is 0 Å². The standard InChI is InChI=1S/C5H11N3O/c1-7-2-4-8(6-9)5-3-7/h2-5H2,1H3. The summed E-state index contributed by atoms with van der Waals surface area (Å²) in [6.07, 6.45) is 0. The second kappa shape index (κ2) is 2.77. The van der Waals surface area contributed by atoms with Crippen LogP contribution in [0.2, 0.25) is 0 Å². The third kappa shape index (κ3) is 1.64. The van der Waals surface area contributed by atoms with Gasteiger partial charge in [-0.15, -0.1) is 4.91 Å². The fourth-order valence-electron chi connectivity index (χ4n) is 0.878. The van der Waals surface area contributed by atoms with Crippen LogP contribution in [0.4, 0.5) is 0 Å². The van der Waals surface area contributed by atoms with Crippen molar-refractivity contribution in [3.63, 3.8) is 0 Å². The van der Waals surface area contributed by atoms with Crippen molar-refractivity contribution in [1.29, 1.82) is 0 Å². The molecule has 0 aromatic carbocycles. The zero-order valence-corrected chi connectivity index (χ0v) is 5.58. The molecule has 0 aliphatic carbocycles. The fourth-order valence-corrected chi connectivity index (χ4v) is 0.878. The first-order chi connectivity index (χ1) is 4.33. The fraction of sp³-hybridized carbons (Fsp3) is 1.00. The molecule has 0 radical (unpaired) electrons. The van der Waals surface area contributed by atoms with Gasteiger partial charge in [-0.05, 0) is 7.05 Å². The average Bonchev–Trinajstić information content (AvgIpc) is 1.90. The van der Waals surface area contributed by atoms with E-state index >= 15 is 0 Å². The van der Waals surface area contributed by atoms with Crippen molar-refractivity contribution in [1.82, 2.24) is 9.91 Å². The average molecular weight is 129 g/mol. The monoisotopic (exact) mass is 129 g/mol. The van der Waals surface area contributed by atoms with Crippen LogP contribution in [0.15, 0.2) is 5.29 Å². The molecule has 4 nitrogen and oxygen atoms in total. The van der Waals surface area contributed by atoms with E-state index in [1.807, 2.05) is 7.05 Å². The van der Waals surface area contributed by atoms with Crippen LogP contribution < -0.4 is 0 Å². The Kier molecular flexibility index (Phi) is 2.00. The molecule has 9 heavy (non-hydrogen) atoms. The van der Waals surface area contributed by atoms with Gasteiger partial charge in [0, 0.05) is 13.1 Å². The lowest BCUT2D eigenvalue weighted by molar-refractivity contribution is 0.157. The van der Waals surface area contributed by atoms with Crippen molar-refractivity contribution in [2.45, 2.75) is 0 Å². The molecule has 0 aromatic heterocycles. The Labute approximate surface area is 54.4 Å². The molecule has 0 atom stereocenters. The molecule has 1 aliphatic heterocycles. The van der Waals surface area contributed by atoms with E-state index in [9.17, 15) is 4.91 Å². The van der Waals surface area contributed by atoms with Gasteiger partial charge in [0.15, 0.2) is 0 Å². The molecular formula is C5H11N3O. The van der Waals surface area contributed by atoms with Crippen LogP contribution in [-0.2, 0) is 0 Å². The number of nitroso groups, excluding NO2 is 1. The summed E-state index contributed by atoms with van der Waals surface area (Å²) < 4.78 is 0. The lowest BCUT2D eigenvalue weighted by Crippen LogP contribution is -2.41. The second-order valence-corrected chi connectivity index (χ2v) is 2.34. The quantitative estimate of drug-likeness (QED) is 0.464. The summed E-state index contributed by atoms with van der Waals surface area (Å²) in [6, 6.07) is 0. The van der Waals surface area contributed by atoms with E-state index in [1.54, 1.807) is 5.01 Å². The van der Waals surface area contributed by atoms with E-state index in [1.165, 1.54) is 0 Å². The first-order valence-corrected chi connectivity index (χ1v) is 3.09. The Morgan fingerprint density at radius 3 is 2.22 bits per heavy atom. The van der Waals surface area contributed by atoms with Gasteiger partial charge in [-0.1, -0.05) is 0 Å². The van der Waals surface area contributed by atoms with Gasteiger partial charge in [-0.2, -0.15) is 0 Å². The molecule has 0 spiro atoms. The van der Waals surface area contributed by atoms with Gasteiger partial charge >= 0.3 is 0 Å². The van der Waals surface area contributed by atoms with Gasteiger partial charge in [0.2, 0.25) is 0 Å². The first-order valence-electron chi connectivity index (χ1n) is 3.09. The molecule has 52 valence electrons. The molecule has 4 heteroatoms. The summed E-state index contributed by atoms with van der Waals surface area (Å²) >= 11 is 0. The third-order valence-electron chi connectivity index (χ3n) is 1.60. The molecule has 1 fully saturated rings. The minimum Gasteiger partial charge on any atom is -0.303 e. The maximum Gasteiger partial charge on any atom is 0.0524 e. The van der Waals surface area contributed by atoms with Crippen molar-refractivity contribution in [2.75, 3.05) is 33.2 Å². The zero-order valence-electron chi connectivity index (χ0n) is 5.58. The van der Waals surface area contributed by atoms with Crippen LogP contribution in [-0.4, -0.2) is 43.1 Å². The Balaban J connectivity index is 2.26. The lowest BCUT2D eigenvalue weighted by atomic mass is 10.4. The number of likely N-dealkylation sites (N-methyl/N-ethyl adjacent to an activating group) is 1. The Morgan fingerprint density at radius 2 is 1.78 bits per heavy atom. The summed E-state index contributed by atoms with van der Waals surface area (Å²) in [6.45, 7) is 3.46. The molecule has 0 saturated carbocycles. The molecule has 0 unspecified atom stereocenters. The molecule has 0 aromatic rings. The van der Waals surface area contributed by atoms with Gasteiger partial charge in [0.25, 0.3) is 0 Å². The van der Waals surface area contributed by atoms with Crippen LogP contribution in [0.25, 0.3) is 0 Å². The summed E-state index contributed by atoms with van der Waals surface area (Å²) in [7, 11) is 2.04. The van der Waals surface area contributed by atoms with Gasteiger partial charge in [-0.3, -0.25) is 5.01 Å². The van der Waals surface area contributed by atoms with Gasteiger partial charge < -0.3 is 4.90 Å². The van der Waals surface area contributed by atoms with Gasteiger partial charge in [-0.25, -0.2) is 0 Å². The maximum atomic E-state index is 9.92. The lowest BCUT2D eigenvalue weighted by Gasteiger charge is -2.27. The predicted octanol–water partition coefficient (Wildman–Crippen LogP) is -0.0848. The summed E-state index contributed by atoms with van der Waals surface area (Å²) in [5.74, 6) is 0. The SMILES string of the molecule is CN1CCN(N=O)CC1. The van der Waals surface area contributed by atoms with E-state index < -0.39 is 0 Å². The maximum absolute atomic E-state index is 9.92. The summed E-state index contributed by atoms with van der Waals surface area (Å²) in [4.78, 5) is 12.1. The Morgan fingerprint density at radius 1 is 1.22 bits per heavy atom.